The van der Waals surface area contributed by atoms with E-state index in [9.17, 15) is 27.9 Å². The third-order valence-corrected chi connectivity index (χ3v) is 8.51. The second-order valence-corrected chi connectivity index (χ2v) is 11.2. The predicted octanol–water partition coefficient (Wildman–Crippen LogP) is 1.31. The molecular weight excluding hydrogens is 514 g/mol. The SMILES string of the molecule is COC(=O)[C@H](Cc1ccc(OC(=O)N2CCCC2)cc1)NC(=O)[C@@H]1C[C@H](O)CN1S(=O)(=O)c1ccccc1. The summed E-state index contributed by atoms with van der Waals surface area (Å²) in [6.45, 7) is 1.09. The van der Waals surface area contributed by atoms with Gasteiger partial charge < -0.3 is 24.8 Å². The van der Waals surface area contributed by atoms with E-state index in [1.807, 2.05) is 0 Å². The molecule has 2 aromatic carbocycles. The maximum atomic E-state index is 13.2. The molecule has 0 bridgehead atoms. The van der Waals surface area contributed by atoms with E-state index in [4.69, 9.17) is 9.47 Å². The van der Waals surface area contributed by atoms with Crippen molar-refractivity contribution in [2.75, 3.05) is 26.7 Å². The average Bonchev–Trinajstić information content (AvgIpc) is 3.60. The number of likely N-dealkylation sites (tertiary alicyclic amines) is 1. The van der Waals surface area contributed by atoms with Gasteiger partial charge in [0.1, 0.15) is 17.8 Å². The fourth-order valence-electron chi connectivity index (χ4n) is 4.61. The maximum Gasteiger partial charge on any atom is 0.415 e. The highest BCUT2D eigenvalue weighted by Crippen LogP contribution is 2.27. The van der Waals surface area contributed by atoms with Crippen LogP contribution in [0.2, 0.25) is 0 Å². The number of nitrogens with one attached hydrogen (secondary N) is 1. The second kappa shape index (κ2) is 11.9. The third kappa shape index (κ3) is 6.32. The van der Waals surface area contributed by atoms with Crippen LogP contribution in [0, 0.1) is 0 Å². The number of amides is 2. The number of methoxy groups -OCH3 is 1. The van der Waals surface area contributed by atoms with Crippen molar-refractivity contribution in [1.82, 2.24) is 14.5 Å². The fraction of sp³-hybridized carbons (Fsp3) is 0.423. The second-order valence-electron chi connectivity index (χ2n) is 9.29. The number of esters is 1. The van der Waals surface area contributed by atoms with Gasteiger partial charge in [-0.25, -0.2) is 18.0 Å². The van der Waals surface area contributed by atoms with Crippen LogP contribution in [0.25, 0.3) is 0 Å². The molecule has 2 N–H and O–H groups in total. The number of carbonyl (C=O) groups is 3. The molecule has 2 saturated heterocycles. The van der Waals surface area contributed by atoms with Gasteiger partial charge in [0.25, 0.3) is 0 Å². The quantitative estimate of drug-likeness (QED) is 0.473. The Morgan fingerprint density at radius 3 is 2.34 bits per heavy atom. The number of β-amino-alcohol motifs (C(OH)–C–C–N with tert-alkyl or cyclic N) is 1. The van der Waals surface area contributed by atoms with Crippen molar-refractivity contribution in [3.63, 3.8) is 0 Å². The summed E-state index contributed by atoms with van der Waals surface area (Å²) in [6, 6.07) is 11.9. The predicted molar refractivity (Wildman–Crippen MR) is 136 cm³/mol. The van der Waals surface area contributed by atoms with E-state index in [-0.39, 0.29) is 24.3 Å². The maximum absolute atomic E-state index is 13.2. The van der Waals surface area contributed by atoms with Crippen LogP contribution in [0.5, 0.6) is 5.75 Å². The van der Waals surface area contributed by atoms with Gasteiger partial charge in [0, 0.05) is 32.5 Å². The molecule has 0 aliphatic carbocycles. The lowest BCUT2D eigenvalue weighted by Crippen LogP contribution is -2.51. The van der Waals surface area contributed by atoms with Crippen LogP contribution < -0.4 is 10.1 Å². The van der Waals surface area contributed by atoms with E-state index in [2.05, 4.69) is 5.32 Å². The standard InChI is InChI=1S/C26H31N3O8S/c1-36-25(32)22(15-18-9-11-20(12-10-18)37-26(33)28-13-5-6-14-28)27-24(31)23-16-19(30)17-29(23)38(34,35)21-7-3-2-4-8-21/h2-4,7-12,19,22-23,30H,5-6,13-17H2,1H3,(H,27,31)/t19-,22-,23-/m0/s1. The van der Waals surface area contributed by atoms with E-state index in [0.29, 0.717) is 24.4 Å². The molecule has 2 aliphatic heterocycles. The van der Waals surface area contributed by atoms with Gasteiger partial charge in [-0.15, -0.1) is 0 Å². The minimum Gasteiger partial charge on any atom is -0.467 e. The smallest absolute Gasteiger partial charge is 0.415 e. The van der Waals surface area contributed by atoms with E-state index in [1.54, 1.807) is 47.4 Å². The van der Waals surface area contributed by atoms with Gasteiger partial charge in [0.2, 0.25) is 15.9 Å². The van der Waals surface area contributed by atoms with Crippen LogP contribution in [0.1, 0.15) is 24.8 Å². The van der Waals surface area contributed by atoms with Crippen LogP contribution in [-0.2, 0) is 30.8 Å². The Hall–Kier alpha value is -3.48. The molecule has 0 saturated carbocycles. The Kier molecular flexibility index (Phi) is 8.65. The first-order chi connectivity index (χ1) is 18.2. The van der Waals surface area contributed by atoms with Crippen LogP contribution in [0.4, 0.5) is 4.79 Å². The Balaban J connectivity index is 1.44. The molecule has 2 heterocycles. The van der Waals surface area contributed by atoms with Crippen molar-refractivity contribution in [3.8, 4) is 5.75 Å². The number of rotatable bonds is 8. The number of sulfonamides is 1. The molecule has 2 aliphatic rings. The van der Waals surface area contributed by atoms with Crippen molar-refractivity contribution < 1.29 is 37.4 Å². The molecule has 2 amide bonds. The van der Waals surface area contributed by atoms with E-state index >= 15 is 0 Å². The first-order valence-corrected chi connectivity index (χ1v) is 13.8. The molecule has 2 aromatic rings. The molecule has 3 atom stereocenters. The van der Waals surface area contributed by atoms with Gasteiger partial charge in [-0.2, -0.15) is 4.31 Å². The molecule has 38 heavy (non-hydrogen) atoms. The van der Waals surface area contributed by atoms with Gasteiger partial charge in [0.15, 0.2) is 0 Å². The van der Waals surface area contributed by atoms with Gasteiger partial charge >= 0.3 is 12.1 Å². The minimum atomic E-state index is -4.06. The van der Waals surface area contributed by atoms with Gasteiger partial charge in [-0.3, -0.25) is 4.79 Å². The van der Waals surface area contributed by atoms with Crippen LogP contribution in [0.3, 0.4) is 0 Å². The molecule has 0 unspecified atom stereocenters. The summed E-state index contributed by atoms with van der Waals surface area (Å²) >= 11 is 0. The molecule has 0 spiro atoms. The van der Waals surface area contributed by atoms with Gasteiger partial charge in [0.05, 0.1) is 18.1 Å². The summed E-state index contributed by atoms with van der Waals surface area (Å²) in [6.07, 6.45) is 0.400. The summed E-state index contributed by atoms with van der Waals surface area (Å²) in [5.41, 5.74) is 0.655. The average molecular weight is 546 g/mol. The largest absolute Gasteiger partial charge is 0.467 e. The lowest BCUT2D eigenvalue weighted by Gasteiger charge is -2.25. The van der Waals surface area contributed by atoms with Crippen molar-refractivity contribution >= 4 is 28.0 Å². The first-order valence-electron chi connectivity index (χ1n) is 12.4. The molecule has 4 rings (SSSR count). The van der Waals surface area contributed by atoms with Crippen LogP contribution in [0.15, 0.2) is 59.5 Å². The highest BCUT2D eigenvalue weighted by molar-refractivity contribution is 7.89. The number of hydrogen-bond acceptors (Lipinski definition) is 8. The Morgan fingerprint density at radius 2 is 1.71 bits per heavy atom. The van der Waals surface area contributed by atoms with Gasteiger partial charge in [-0.1, -0.05) is 30.3 Å². The molecule has 12 heteroatoms. The minimum absolute atomic E-state index is 0.00180. The zero-order valence-corrected chi connectivity index (χ0v) is 21.8. The highest BCUT2D eigenvalue weighted by atomic mass is 32.2. The summed E-state index contributed by atoms with van der Waals surface area (Å²) in [4.78, 5) is 39.5. The lowest BCUT2D eigenvalue weighted by molar-refractivity contribution is -0.145. The lowest BCUT2D eigenvalue weighted by atomic mass is 10.0. The summed E-state index contributed by atoms with van der Waals surface area (Å²) in [7, 11) is -2.87. The number of aliphatic hydroxyl groups excluding tert-OH is 1. The molecule has 11 nitrogen and oxygen atoms in total. The molecule has 0 radical (unpaired) electrons. The van der Waals surface area contributed by atoms with E-state index < -0.39 is 46.2 Å². The number of carbonyl (C=O) groups excluding carboxylic acids is 3. The Bertz CT molecular complexity index is 1250. The van der Waals surface area contributed by atoms with Crippen molar-refractivity contribution in [3.05, 3.63) is 60.2 Å². The van der Waals surface area contributed by atoms with Crippen molar-refractivity contribution in [1.29, 1.82) is 0 Å². The number of hydrogen-bond donors (Lipinski definition) is 2. The third-order valence-electron chi connectivity index (χ3n) is 6.62. The Morgan fingerprint density at radius 1 is 1.05 bits per heavy atom. The molecular formula is C26H31N3O8S. The summed E-state index contributed by atoms with van der Waals surface area (Å²) in [5, 5.41) is 12.8. The van der Waals surface area contributed by atoms with Gasteiger partial charge in [-0.05, 0) is 42.7 Å². The Labute approximate surface area is 221 Å². The number of ether oxygens (including phenoxy) is 2. The highest BCUT2D eigenvalue weighted by Gasteiger charge is 2.44. The van der Waals surface area contributed by atoms with Crippen LogP contribution >= 0.6 is 0 Å². The fourth-order valence-corrected chi connectivity index (χ4v) is 6.27. The zero-order chi connectivity index (χ0) is 27.3. The monoisotopic (exact) mass is 545 g/mol. The van der Waals surface area contributed by atoms with Crippen molar-refractivity contribution in [2.24, 2.45) is 0 Å². The first kappa shape index (κ1) is 27.6. The summed E-state index contributed by atoms with van der Waals surface area (Å²) in [5.74, 6) is -1.07. The number of nitrogens with zero attached hydrogens (tertiary/aromatic N) is 2. The zero-order valence-electron chi connectivity index (χ0n) is 21.0. The molecule has 204 valence electrons. The summed E-state index contributed by atoms with van der Waals surface area (Å²) < 4.78 is 37.5. The topological polar surface area (TPSA) is 143 Å². The van der Waals surface area contributed by atoms with Crippen LogP contribution in [-0.4, -0.2) is 85.6 Å². The molecule has 2 fully saturated rings. The number of benzene rings is 2. The van der Waals surface area contributed by atoms with E-state index in [1.165, 1.54) is 19.2 Å². The normalized spacial score (nSPS) is 20.6. The van der Waals surface area contributed by atoms with Crippen molar-refractivity contribution in [2.45, 2.75) is 48.8 Å². The number of aliphatic hydroxyl groups is 1. The van der Waals surface area contributed by atoms with E-state index in [0.717, 1.165) is 17.1 Å². The molecule has 0 aromatic heterocycles.